The Balaban J connectivity index is 4.44. The maximum Gasteiger partial charge on any atom is 0.306 e. The lowest BCUT2D eigenvalue weighted by Gasteiger charge is -2.18. The van der Waals surface area contributed by atoms with Crippen LogP contribution in [0.25, 0.3) is 0 Å². The molecule has 0 amide bonds. The number of carbonyl (C=O) groups is 3. The molecule has 0 spiro atoms. The van der Waals surface area contributed by atoms with Crippen molar-refractivity contribution in [2.75, 3.05) is 13.2 Å². The van der Waals surface area contributed by atoms with E-state index in [2.05, 4.69) is 69.4 Å². The first-order valence-electron chi connectivity index (χ1n) is 20.1. The van der Waals surface area contributed by atoms with Gasteiger partial charge in [0, 0.05) is 19.3 Å². The fourth-order valence-corrected chi connectivity index (χ4v) is 5.24. The molecular weight excluding hydrogens is 612 g/mol. The molecule has 0 radical (unpaired) electrons. The number of carbonyl (C=O) groups excluding carboxylic acids is 3. The van der Waals surface area contributed by atoms with Crippen molar-refractivity contribution in [2.45, 2.75) is 194 Å². The zero-order chi connectivity index (χ0) is 35.9. The fraction of sp³-hybridized carbons (Fsp3) is 0.744. The summed E-state index contributed by atoms with van der Waals surface area (Å²) >= 11 is 0. The Labute approximate surface area is 301 Å². The molecule has 0 bridgehead atoms. The van der Waals surface area contributed by atoms with E-state index >= 15 is 0 Å². The SMILES string of the molecule is CC/C=C\C/C=C\CCCCC(=O)OC(COC(=O)CCC/C=C\CCCCCC)COC(=O)CCCCC/C=C\CCCCCCCC. The molecule has 0 aromatic carbocycles. The van der Waals surface area contributed by atoms with Gasteiger partial charge in [0.25, 0.3) is 0 Å². The van der Waals surface area contributed by atoms with Gasteiger partial charge in [-0.2, -0.15) is 0 Å². The van der Waals surface area contributed by atoms with E-state index in [9.17, 15) is 14.4 Å². The summed E-state index contributed by atoms with van der Waals surface area (Å²) in [6, 6.07) is 0. The summed E-state index contributed by atoms with van der Waals surface area (Å²) in [5, 5.41) is 0. The Bertz CT molecular complexity index is 887. The van der Waals surface area contributed by atoms with Crippen LogP contribution in [0.5, 0.6) is 0 Å². The van der Waals surface area contributed by atoms with Gasteiger partial charge in [-0.05, 0) is 89.9 Å². The van der Waals surface area contributed by atoms with E-state index in [0.717, 1.165) is 70.6 Å². The lowest BCUT2D eigenvalue weighted by Crippen LogP contribution is -2.30. The molecule has 0 aliphatic carbocycles. The quantitative estimate of drug-likeness (QED) is 0.0286. The van der Waals surface area contributed by atoms with Gasteiger partial charge in [0.05, 0.1) is 0 Å². The molecule has 0 saturated heterocycles. The molecule has 0 aromatic heterocycles. The smallest absolute Gasteiger partial charge is 0.306 e. The minimum absolute atomic E-state index is 0.103. The van der Waals surface area contributed by atoms with Crippen molar-refractivity contribution in [3.05, 3.63) is 48.6 Å². The highest BCUT2D eigenvalue weighted by Gasteiger charge is 2.19. The summed E-state index contributed by atoms with van der Waals surface area (Å²) < 4.78 is 16.5. The average Bonchev–Trinajstić information content (AvgIpc) is 3.10. The number of esters is 3. The van der Waals surface area contributed by atoms with Gasteiger partial charge in [0.1, 0.15) is 13.2 Å². The largest absolute Gasteiger partial charge is 0.462 e. The molecule has 0 heterocycles. The molecule has 282 valence electrons. The Kier molecular flexibility index (Phi) is 36.1. The molecule has 0 aromatic rings. The molecule has 0 aliphatic heterocycles. The molecule has 1 atom stereocenters. The summed E-state index contributed by atoms with van der Waals surface area (Å²) in [7, 11) is 0. The predicted molar refractivity (Wildman–Crippen MR) is 205 cm³/mol. The first-order valence-corrected chi connectivity index (χ1v) is 20.1. The summed E-state index contributed by atoms with van der Waals surface area (Å²) in [6.07, 6.45) is 42.6. The molecule has 6 nitrogen and oxygen atoms in total. The summed E-state index contributed by atoms with van der Waals surface area (Å²) in [5.41, 5.74) is 0. The Morgan fingerprint density at radius 1 is 0.429 bits per heavy atom. The van der Waals surface area contributed by atoms with Gasteiger partial charge >= 0.3 is 17.9 Å². The summed E-state index contributed by atoms with van der Waals surface area (Å²) in [4.78, 5) is 37.4. The molecule has 0 N–H and O–H groups in total. The second-order valence-corrected chi connectivity index (χ2v) is 13.2. The summed E-state index contributed by atoms with van der Waals surface area (Å²) in [6.45, 7) is 6.37. The molecule has 0 aliphatic rings. The maximum absolute atomic E-state index is 12.6. The van der Waals surface area contributed by atoms with E-state index in [1.165, 1.54) is 64.2 Å². The molecule has 0 rings (SSSR count). The average molecular weight is 687 g/mol. The second kappa shape index (κ2) is 38.2. The van der Waals surface area contributed by atoms with Crippen molar-refractivity contribution in [1.82, 2.24) is 0 Å². The van der Waals surface area contributed by atoms with Crippen molar-refractivity contribution in [1.29, 1.82) is 0 Å². The van der Waals surface area contributed by atoms with Crippen LogP contribution in [0.3, 0.4) is 0 Å². The zero-order valence-electron chi connectivity index (χ0n) is 31.9. The highest BCUT2D eigenvalue weighted by atomic mass is 16.6. The molecule has 0 fully saturated rings. The number of hydrogen-bond acceptors (Lipinski definition) is 6. The van der Waals surface area contributed by atoms with Crippen molar-refractivity contribution < 1.29 is 28.6 Å². The molecule has 0 saturated carbocycles. The van der Waals surface area contributed by atoms with Crippen LogP contribution in [0, 0.1) is 0 Å². The number of hydrogen-bond donors (Lipinski definition) is 0. The normalized spacial score (nSPS) is 12.5. The highest BCUT2D eigenvalue weighted by Crippen LogP contribution is 2.11. The van der Waals surface area contributed by atoms with Crippen LogP contribution in [-0.4, -0.2) is 37.2 Å². The van der Waals surface area contributed by atoms with E-state index in [4.69, 9.17) is 14.2 Å². The van der Waals surface area contributed by atoms with E-state index in [0.29, 0.717) is 25.7 Å². The van der Waals surface area contributed by atoms with Crippen molar-refractivity contribution in [3.63, 3.8) is 0 Å². The van der Waals surface area contributed by atoms with Gasteiger partial charge in [-0.3, -0.25) is 14.4 Å². The third-order valence-corrected chi connectivity index (χ3v) is 8.29. The van der Waals surface area contributed by atoms with Crippen LogP contribution in [-0.2, 0) is 28.6 Å². The Morgan fingerprint density at radius 2 is 0.816 bits per heavy atom. The van der Waals surface area contributed by atoms with Crippen LogP contribution in [0.4, 0.5) is 0 Å². The van der Waals surface area contributed by atoms with Crippen LogP contribution >= 0.6 is 0 Å². The number of ether oxygens (including phenoxy) is 3. The monoisotopic (exact) mass is 687 g/mol. The van der Waals surface area contributed by atoms with Gasteiger partial charge in [0.2, 0.25) is 0 Å². The molecular formula is C43H74O6. The zero-order valence-corrected chi connectivity index (χ0v) is 31.9. The summed E-state index contributed by atoms with van der Waals surface area (Å²) in [5.74, 6) is -1.00. The maximum atomic E-state index is 12.6. The molecule has 6 heteroatoms. The topological polar surface area (TPSA) is 78.9 Å². The van der Waals surface area contributed by atoms with Gasteiger partial charge in [0.15, 0.2) is 6.10 Å². The van der Waals surface area contributed by atoms with E-state index in [-0.39, 0.29) is 37.5 Å². The Morgan fingerprint density at radius 3 is 1.39 bits per heavy atom. The van der Waals surface area contributed by atoms with Crippen LogP contribution in [0.15, 0.2) is 48.6 Å². The van der Waals surface area contributed by atoms with Gasteiger partial charge in [-0.25, -0.2) is 0 Å². The van der Waals surface area contributed by atoms with Crippen LogP contribution in [0.2, 0.25) is 0 Å². The van der Waals surface area contributed by atoms with Gasteiger partial charge in [-0.1, -0.05) is 127 Å². The van der Waals surface area contributed by atoms with Crippen molar-refractivity contribution in [3.8, 4) is 0 Å². The minimum atomic E-state index is -0.801. The molecule has 1 unspecified atom stereocenters. The van der Waals surface area contributed by atoms with Gasteiger partial charge < -0.3 is 14.2 Å². The third-order valence-electron chi connectivity index (χ3n) is 8.29. The first kappa shape index (κ1) is 46.4. The van der Waals surface area contributed by atoms with E-state index < -0.39 is 6.10 Å². The van der Waals surface area contributed by atoms with Crippen LogP contribution < -0.4 is 0 Å². The minimum Gasteiger partial charge on any atom is -0.462 e. The highest BCUT2D eigenvalue weighted by molar-refractivity contribution is 5.71. The second-order valence-electron chi connectivity index (χ2n) is 13.2. The van der Waals surface area contributed by atoms with Crippen molar-refractivity contribution >= 4 is 17.9 Å². The number of unbranched alkanes of at least 4 members (excludes halogenated alkanes) is 16. The predicted octanol–water partition coefficient (Wildman–Crippen LogP) is 12.4. The molecule has 49 heavy (non-hydrogen) atoms. The lowest BCUT2D eigenvalue weighted by atomic mass is 10.1. The number of rotatable bonds is 35. The standard InChI is InChI=1S/C43H74O6/c1-4-7-10-13-16-19-20-21-22-25-27-30-33-36-42(45)48-39-40(49-43(46)37-34-31-28-24-18-15-12-9-6-3)38-47-41(44)35-32-29-26-23-17-14-11-8-5-2/h9,12,18,21-24,26,40H,4-8,10-11,13-17,19-20,25,27-39H2,1-3H3/b12-9-,22-21-,24-18-,26-23-. The fourth-order valence-electron chi connectivity index (χ4n) is 5.24. The lowest BCUT2D eigenvalue weighted by molar-refractivity contribution is -0.167. The third kappa shape index (κ3) is 36.5. The van der Waals surface area contributed by atoms with Crippen molar-refractivity contribution in [2.24, 2.45) is 0 Å². The van der Waals surface area contributed by atoms with E-state index in [1.807, 2.05) is 0 Å². The Hall–Kier alpha value is -2.63. The van der Waals surface area contributed by atoms with Crippen LogP contribution in [0.1, 0.15) is 188 Å². The van der Waals surface area contributed by atoms with E-state index in [1.54, 1.807) is 0 Å². The first-order chi connectivity index (χ1) is 24.0. The number of allylic oxidation sites excluding steroid dienone is 8. The van der Waals surface area contributed by atoms with Gasteiger partial charge in [-0.15, -0.1) is 0 Å².